The minimum Gasteiger partial charge on any atom is -0.710 e. The van der Waals surface area contributed by atoms with Crippen molar-refractivity contribution in [2.45, 2.75) is 56.3 Å². The Morgan fingerprint density at radius 1 is 1.17 bits per heavy atom. The van der Waals surface area contributed by atoms with Crippen molar-refractivity contribution in [1.82, 2.24) is 0 Å². The van der Waals surface area contributed by atoms with E-state index in [9.17, 15) is 23.6 Å². The molecule has 1 aromatic rings. The highest BCUT2D eigenvalue weighted by Gasteiger charge is 2.60. The van der Waals surface area contributed by atoms with Gasteiger partial charge in [-0.2, -0.15) is 8.78 Å². The Labute approximate surface area is 177 Å². The van der Waals surface area contributed by atoms with Crippen molar-refractivity contribution < 1.29 is 37.4 Å². The molecule has 6 nitrogen and oxygen atoms in total. The fourth-order valence-electron chi connectivity index (χ4n) is 5.98. The molecule has 0 saturated heterocycles. The second-order valence-electron chi connectivity index (χ2n) is 9.14. The van der Waals surface area contributed by atoms with Crippen LogP contribution in [0, 0.1) is 24.2 Å². The van der Waals surface area contributed by atoms with Gasteiger partial charge in [0.2, 0.25) is 0 Å². The lowest BCUT2D eigenvalue weighted by Gasteiger charge is -2.60. The molecule has 0 radical (unpaired) electrons. The maximum Gasteiger partial charge on any atom is 0.412 e. The van der Waals surface area contributed by atoms with Gasteiger partial charge in [0.15, 0.2) is 0 Å². The van der Waals surface area contributed by atoms with Crippen LogP contribution in [-0.2, 0) is 18.6 Å². The third kappa shape index (κ3) is 4.20. The lowest BCUT2D eigenvalue weighted by atomic mass is 9.48. The Hall–Kier alpha value is -1.71. The largest absolute Gasteiger partial charge is 0.710 e. The van der Waals surface area contributed by atoms with E-state index in [0.29, 0.717) is 23.8 Å². The van der Waals surface area contributed by atoms with Crippen molar-refractivity contribution in [3.05, 3.63) is 35.4 Å². The van der Waals surface area contributed by atoms with Gasteiger partial charge in [0.05, 0.1) is 24.2 Å². The van der Waals surface area contributed by atoms with Gasteiger partial charge in [-0.1, -0.05) is 17.7 Å². The first kappa shape index (κ1) is 21.5. The summed E-state index contributed by atoms with van der Waals surface area (Å²) in [5, 5.41) is 5.93. The molecule has 2 atom stereocenters. The maximum atomic E-state index is 13.5. The van der Waals surface area contributed by atoms with Gasteiger partial charge in [-0.15, -0.1) is 0 Å². The van der Waals surface area contributed by atoms with E-state index in [2.05, 4.69) is 4.33 Å². The van der Waals surface area contributed by atoms with E-state index in [1.54, 1.807) is 12.1 Å². The summed E-state index contributed by atoms with van der Waals surface area (Å²) in [4.78, 5) is 24.5. The van der Waals surface area contributed by atoms with Gasteiger partial charge in [-0.05, 0) is 69.4 Å². The van der Waals surface area contributed by atoms with Crippen molar-refractivity contribution in [3.8, 4) is 0 Å². The van der Waals surface area contributed by atoms with E-state index in [1.807, 2.05) is 19.1 Å². The summed E-state index contributed by atoms with van der Waals surface area (Å²) in [6.07, 6.45) is 4.47. The zero-order valence-electron chi connectivity index (χ0n) is 16.5. The molecule has 0 N–H and O–H groups in total. The lowest BCUT2D eigenvalue weighted by molar-refractivity contribution is -0.630. The number of alkyl halides is 2. The first-order valence-electron chi connectivity index (χ1n) is 9.97. The summed E-state index contributed by atoms with van der Waals surface area (Å²) in [6, 6.07) is 7.16. The van der Waals surface area contributed by atoms with Crippen LogP contribution < -0.4 is 5.26 Å². The second-order valence-corrected chi connectivity index (χ2v) is 9.96. The molecule has 5 rings (SSSR count). The molecular weight excluding hydrogens is 418 g/mol. The molecular formula is C21H23F2O6S-. The van der Waals surface area contributed by atoms with Crippen LogP contribution in [0.25, 0.3) is 0 Å². The molecule has 0 aliphatic heterocycles. The molecule has 164 valence electrons. The molecule has 4 saturated carbocycles. The summed E-state index contributed by atoms with van der Waals surface area (Å²) in [6.45, 7) is 1.75. The van der Waals surface area contributed by atoms with E-state index >= 15 is 0 Å². The maximum absolute atomic E-state index is 13.5. The number of benzene rings is 1. The summed E-state index contributed by atoms with van der Waals surface area (Å²) in [5.41, 5.74) is 0.366. The van der Waals surface area contributed by atoms with Gasteiger partial charge in [0, 0.05) is 5.41 Å². The highest BCUT2D eigenvalue weighted by molar-refractivity contribution is 7.96. The van der Waals surface area contributed by atoms with E-state index in [0.717, 1.165) is 37.7 Å². The number of aryl methyl sites for hydroxylation is 1. The fraction of sp³-hybridized carbons (Fsp3) is 0.619. The Bertz CT molecular complexity index is 813. The van der Waals surface area contributed by atoms with Gasteiger partial charge in [-0.3, -0.25) is 0 Å². The number of hydrogen-bond acceptors (Lipinski definition) is 7. The predicted octanol–water partition coefficient (Wildman–Crippen LogP) is 3.57. The number of carbonyl (C=O) groups is 2. The SMILES string of the molecule is Cc1ccc(C(=O)OC23CC4CC(CC(COC(=O)C(F)(F)SO[O-])(C4)C2)C3)cc1. The average molecular weight is 441 g/mol. The molecule has 4 bridgehead atoms. The molecule has 4 aliphatic rings. The van der Waals surface area contributed by atoms with E-state index in [4.69, 9.17) is 9.47 Å². The molecule has 9 heteroatoms. The topological polar surface area (TPSA) is 84.9 Å². The number of carbonyl (C=O) groups excluding carboxylic acids is 2. The summed E-state index contributed by atoms with van der Waals surface area (Å²) in [5.74, 6) is -1.57. The van der Waals surface area contributed by atoms with Crippen molar-refractivity contribution >= 4 is 24.0 Å². The Balaban J connectivity index is 1.47. The molecule has 0 aromatic heterocycles. The minimum absolute atomic E-state index is 0.183. The normalized spacial score (nSPS) is 32.1. The van der Waals surface area contributed by atoms with Crippen molar-refractivity contribution in [3.63, 3.8) is 0 Å². The minimum atomic E-state index is -4.06. The summed E-state index contributed by atoms with van der Waals surface area (Å²) < 4.78 is 41.1. The number of rotatable bonds is 7. The van der Waals surface area contributed by atoms with Crippen LogP contribution in [0.3, 0.4) is 0 Å². The summed E-state index contributed by atoms with van der Waals surface area (Å²) in [7, 11) is 0. The first-order chi connectivity index (χ1) is 14.1. The quantitative estimate of drug-likeness (QED) is 0.277. The first-order valence-corrected chi connectivity index (χ1v) is 10.7. The zero-order valence-corrected chi connectivity index (χ0v) is 17.3. The lowest BCUT2D eigenvalue weighted by Crippen LogP contribution is -2.59. The predicted molar refractivity (Wildman–Crippen MR) is 101 cm³/mol. The van der Waals surface area contributed by atoms with E-state index in [-0.39, 0.29) is 12.6 Å². The Morgan fingerprint density at radius 2 is 1.80 bits per heavy atom. The molecule has 4 aliphatic carbocycles. The van der Waals surface area contributed by atoms with Crippen LogP contribution in [-0.4, -0.2) is 29.4 Å². The van der Waals surface area contributed by atoms with Gasteiger partial charge in [0.1, 0.15) is 5.60 Å². The van der Waals surface area contributed by atoms with Crippen molar-refractivity contribution in [2.24, 2.45) is 17.3 Å². The monoisotopic (exact) mass is 441 g/mol. The Morgan fingerprint density at radius 3 is 2.40 bits per heavy atom. The van der Waals surface area contributed by atoms with Crippen molar-refractivity contribution in [2.75, 3.05) is 6.61 Å². The van der Waals surface area contributed by atoms with Crippen LogP contribution >= 0.6 is 12.0 Å². The number of halogens is 2. The molecule has 0 heterocycles. The third-order valence-corrected chi connectivity index (χ3v) is 7.05. The third-order valence-electron chi connectivity index (χ3n) is 6.61. The van der Waals surface area contributed by atoms with E-state index < -0.39 is 34.3 Å². The summed E-state index contributed by atoms with van der Waals surface area (Å²) >= 11 is -0.768. The van der Waals surface area contributed by atoms with Crippen LogP contribution in [0.4, 0.5) is 8.78 Å². The van der Waals surface area contributed by atoms with Crippen LogP contribution in [0.15, 0.2) is 24.3 Å². The highest BCUT2D eigenvalue weighted by atomic mass is 32.2. The smallest absolute Gasteiger partial charge is 0.412 e. The van der Waals surface area contributed by atoms with Crippen LogP contribution in [0.2, 0.25) is 0 Å². The van der Waals surface area contributed by atoms with Crippen LogP contribution in [0.5, 0.6) is 0 Å². The zero-order chi connectivity index (χ0) is 21.6. The molecule has 0 amide bonds. The fourth-order valence-corrected chi connectivity index (χ4v) is 6.19. The van der Waals surface area contributed by atoms with Gasteiger partial charge < -0.3 is 19.1 Å². The van der Waals surface area contributed by atoms with Gasteiger partial charge >= 0.3 is 17.2 Å². The van der Waals surface area contributed by atoms with Gasteiger partial charge in [0.25, 0.3) is 0 Å². The van der Waals surface area contributed by atoms with Crippen molar-refractivity contribution in [1.29, 1.82) is 0 Å². The van der Waals surface area contributed by atoms with E-state index in [1.165, 1.54) is 0 Å². The van der Waals surface area contributed by atoms with Crippen LogP contribution in [0.1, 0.15) is 54.4 Å². The standard InChI is InChI=1S/C21H24F2O6S/c1-13-2-4-16(5-3-13)17(24)28-20-9-14-6-15(10-20)8-19(7-14,11-20)12-27-18(25)21(22,23)30-29-26/h2-5,14-15,26H,6-12H2,1H3/p-1. The molecule has 2 unspecified atom stereocenters. The average Bonchev–Trinajstić information content (AvgIpc) is 2.65. The second kappa shape index (κ2) is 7.76. The molecule has 1 aromatic carbocycles. The number of hydrogen-bond donors (Lipinski definition) is 0. The Kier molecular flexibility index (Phi) is 5.57. The molecule has 0 spiro atoms. The number of ether oxygens (including phenoxy) is 2. The highest BCUT2D eigenvalue weighted by Crippen LogP contribution is 2.63. The molecule has 30 heavy (non-hydrogen) atoms. The molecule has 4 fully saturated rings. The van der Waals surface area contributed by atoms with Gasteiger partial charge in [-0.25, -0.2) is 9.59 Å². The number of esters is 2.